The summed E-state index contributed by atoms with van der Waals surface area (Å²) in [6, 6.07) is 0.308. The highest BCUT2D eigenvalue weighted by atomic mass is 16.5. The second-order valence-electron chi connectivity index (χ2n) is 4.07. The van der Waals surface area contributed by atoms with E-state index in [1.165, 1.54) is 12.8 Å². The van der Waals surface area contributed by atoms with Crippen molar-refractivity contribution >= 4 is 5.91 Å². The van der Waals surface area contributed by atoms with Gasteiger partial charge in [-0.25, -0.2) is 0 Å². The molecule has 2 unspecified atom stereocenters. The summed E-state index contributed by atoms with van der Waals surface area (Å²) in [7, 11) is 0. The molecule has 88 valence electrons. The molecule has 1 amide bonds. The van der Waals surface area contributed by atoms with Crippen LogP contribution in [0.15, 0.2) is 0 Å². The van der Waals surface area contributed by atoms with E-state index in [-0.39, 0.29) is 18.0 Å². The van der Waals surface area contributed by atoms with Gasteiger partial charge in [0, 0.05) is 25.1 Å². The average molecular weight is 214 g/mol. The first-order valence-corrected chi connectivity index (χ1v) is 5.86. The summed E-state index contributed by atoms with van der Waals surface area (Å²) >= 11 is 0. The van der Waals surface area contributed by atoms with Gasteiger partial charge in [0.05, 0.1) is 6.61 Å². The number of carbonyl (C=O) groups is 1. The van der Waals surface area contributed by atoms with Crippen molar-refractivity contribution in [3.8, 4) is 0 Å². The molecule has 1 aliphatic carbocycles. The molecule has 0 aromatic heterocycles. The topological polar surface area (TPSA) is 64.3 Å². The predicted octanol–water partition coefficient (Wildman–Crippen LogP) is 0.799. The second-order valence-corrected chi connectivity index (χ2v) is 4.07. The Morgan fingerprint density at radius 3 is 2.87 bits per heavy atom. The zero-order chi connectivity index (χ0) is 11.1. The summed E-state index contributed by atoms with van der Waals surface area (Å²) in [5, 5.41) is 2.98. The van der Waals surface area contributed by atoms with E-state index in [1.807, 2.05) is 6.92 Å². The molecule has 1 aliphatic rings. The van der Waals surface area contributed by atoms with Crippen molar-refractivity contribution < 1.29 is 9.53 Å². The van der Waals surface area contributed by atoms with E-state index in [9.17, 15) is 4.79 Å². The van der Waals surface area contributed by atoms with Crippen LogP contribution in [0.4, 0.5) is 0 Å². The minimum absolute atomic E-state index is 0.0609. The number of ether oxygens (including phenoxy) is 1. The van der Waals surface area contributed by atoms with Gasteiger partial charge < -0.3 is 15.8 Å². The van der Waals surface area contributed by atoms with E-state index in [1.54, 1.807) is 0 Å². The quantitative estimate of drug-likeness (QED) is 0.665. The molecular formula is C11H22N2O2. The van der Waals surface area contributed by atoms with Crippen LogP contribution < -0.4 is 11.1 Å². The molecule has 0 spiro atoms. The van der Waals surface area contributed by atoms with Crippen molar-refractivity contribution in [2.24, 2.45) is 5.73 Å². The summed E-state index contributed by atoms with van der Waals surface area (Å²) in [6.45, 7) is 3.09. The maximum Gasteiger partial charge on any atom is 0.222 e. The SMILES string of the molecule is CCOCCC(=O)NC1CCCCC1N. The van der Waals surface area contributed by atoms with Crippen molar-refractivity contribution in [1.82, 2.24) is 5.32 Å². The van der Waals surface area contributed by atoms with Crippen LogP contribution in [0.2, 0.25) is 0 Å². The van der Waals surface area contributed by atoms with E-state index >= 15 is 0 Å². The summed E-state index contributed by atoms with van der Waals surface area (Å²) in [4.78, 5) is 11.5. The number of carbonyl (C=O) groups excluding carboxylic acids is 1. The van der Waals surface area contributed by atoms with Crippen LogP contribution in [0, 0.1) is 0 Å². The van der Waals surface area contributed by atoms with E-state index in [4.69, 9.17) is 10.5 Å². The molecule has 0 aromatic carbocycles. The second kappa shape index (κ2) is 6.80. The molecule has 4 heteroatoms. The molecule has 0 radical (unpaired) electrons. The van der Waals surface area contributed by atoms with Crippen LogP contribution in [-0.2, 0) is 9.53 Å². The van der Waals surface area contributed by atoms with Crippen LogP contribution in [0.25, 0.3) is 0 Å². The molecule has 1 fully saturated rings. The Morgan fingerprint density at radius 2 is 2.20 bits per heavy atom. The zero-order valence-electron chi connectivity index (χ0n) is 9.50. The Kier molecular flexibility index (Phi) is 5.65. The largest absolute Gasteiger partial charge is 0.381 e. The van der Waals surface area contributed by atoms with Crippen LogP contribution in [0.1, 0.15) is 39.0 Å². The van der Waals surface area contributed by atoms with E-state index in [0.29, 0.717) is 19.6 Å². The normalized spacial score (nSPS) is 26.3. The average Bonchev–Trinajstić information content (AvgIpc) is 2.22. The predicted molar refractivity (Wildman–Crippen MR) is 59.5 cm³/mol. The highest BCUT2D eigenvalue weighted by Gasteiger charge is 2.22. The third-order valence-electron chi connectivity index (χ3n) is 2.84. The molecule has 2 atom stereocenters. The maximum atomic E-state index is 11.5. The minimum Gasteiger partial charge on any atom is -0.381 e. The molecule has 3 N–H and O–H groups in total. The van der Waals surface area contributed by atoms with Crippen LogP contribution in [0.3, 0.4) is 0 Å². The first-order chi connectivity index (χ1) is 7.24. The molecule has 1 saturated carbocycles. The van der Waals surface area contributed by atoms with Gasteiger partial charge in [0.2, 0.25) is 5.91 Å². The number of rotatable bonds is 5. The molecule has 4 nitrogen and oxygen atoms in total. The number of hydrogen-bond acceptors (Lipinski definition) is 3. The Labute approximate surface area is 91.5 Å². The molecule has 0 bridgehead atoms. The lowest BCUT2D eigenvalue weighted by Crippen LogP contribution is -2.49. The van der Waals surface area contributed by atoms with Crippen LogP contribution in [-0.4, -0.2) is 31.2 Å². The van der Waals surface area contributed by atoms with Crippen LogP contribution >= 0.6 is 0 Å². The van der Waals surface area contributed by atoms with Crippen LogP contribution in [0.5, 0.6) is 0 Å². The lowest BCUT2D eigenvalue weighted by Gasteiger charge is -2.29. The molecule has 0 heterocycles. The first kappa shape index (κ1) is 12.5. The lowest BCUT2D eigenvalue weighted by molar-refractivity contribution is -0.123. The van der Waals surface area contributed by atoms with Gasteiger partial charge in [-0.1, -0.05) is 12.8 Å². The van der Waals surface area contributed by atoms with E-state index < -0.39 is 0 Å². The fourth-order valence-corrected chi connectivity index (χ4v) is 1.93. The smallest absolute Gasteiger partial charge is 0.222 e. The van der Waals surface area contributed by atoms with Crippen molar-refractivity contribution in [3.05, 3.63) is 0 Å². The number of amides is 1. The lowest BCUT2D eigenvalue weighted by atomic mass is 9.91. The first-order valence-electron chi connectivity index (χ1n) is 5.86. The van der Waals surface area contributed by atoms with Gasteiger partial charge in [-0.3, -0.25) is 4.79 Å². The maximum absolute atomic E-state index is 11.5. The third kappa shape index (κ3) is 4.62. The summed E-state index contributed by atoms with van der Waals surface area (Å²) in [5.74, 6) is 0.0609. The number of hydrogen-bond donors (Lipinski definition) is 2. The molecule has 0 aromatic rings. The molecular weight excluding hydrogens is 192 g/mol. The van der Waals surface area contributed by atoms with Gasteiger partial charge in [-0.05, 0) is 19.8 Å². The summed E-state index contributed by atoms with van der Waals surface area (Å²) < 4.78 is 5.13. The molecule has 1 rings (SSSR count). The highest BCUT2D eigenvalue weighted by molar-refractivity contribution is 5.76. The van der Waals surface area contributed by atoms with Crippen molar-refractivity contribution in [2.45, 2.75) is 51.1 Å². The molecule has 0 aliphatic heterocycles. The monoisotopic (exact) mass is 214 g/mol. The van der Waals surface area contributed by atoms with Gasteiger partial charge in [0.1, 0.15) is 0 Å². The number of nitrogens with one attached hydrogen (secondary N) is 1. The van der Waals surface area contributed by atoms with Gasteiger partial charge in [-0.2, -0.15) is 0 Å². The standard InChI is InChI=1S/C11H22N2O2/c1-2-15-8-7-11(14)13-10-6-4-3-5-9(10)12/h9-10H,2-8,12H2,1H3,(H,13,14). The van der Waals surface area contributed by atoms with E-state index in [0.717, 1.165) is 12.8 Å². The molecule has 0 saturated heterocycles. The zero-order valence-corrected chi connectivity index (χ0v) is 9.50. The van der Waals surface area contributed by atoms with Crippen molar-refractivity contribution in [1.29, 1.82) is 0 Å². The van der Waals surface area contributed by atoms with Gasteiger partial charge in [0.15, 0.2) is 0 Å². The van der Waals surface area contributed by atoms with E-state index in [2.05, 4.69) is 5.32 Å². The van der Waals surface area contributed by atoms with Gasteiger partial charge in [0.25, 0.3) is 0 Å². The van der Waals surface area contributed by atoms with Gasteiger partial charge in [-0.15, -0.1) is 0 Å². The fraction of sp³-hybridized carbons (Fsp3) is 0.909. The fourth-order valence-electron chi connectivity index (χ4n) is 1.93. The Balaban J connectivity index is 2.18. The summed E-state index contributed by atoms with van der Waals surface area (Å²) in [5.41, 5.74) is 5.94. The Hall–Kier alpha value is -0.610. The number of nitrogens with two attached hydrogens (primary N) is 1. The Bertz CT molecular complexity index is 197. The minimum atomic E-state index is 0.0609. The summed E-state index contributed by atoms with van der Waals surface area (Å²) in [6.07, 6.45) is 4.84. The van der Waals surface area contributed by atoms with Crippen molar-refractivity contribution in [2.75, 3.05) is 13.2 Å². The Morgan fingerprint density at radius 1 is 1.47 bits per heavy atom. The molecule has 15 heavy (non-hydrogen) atoms. The highest BCUT2D eigenvalue weighted by Crippen LogP contribution is 2.16. The van der Waals surface area contributed by atoms with Crippen molar-refractivity contribution in [3.63, 3.8) is 0 Å². The van der Waals surface area contributed by atoms with Gasteiger partial charge >= 0.3 is 0 Å². The third-order valence-corrected chi connectivity index (χ3v) is 2.84.